The molecule has 0 radical (unpaired) electrons. The number of nitrogens with two attached hydrogens (primary N) is 1. The lowest BCUT2D eigenvalue weighted by molar-refractivity contribution is 0.0828. The van der Waals surface area contributed by atoms with Crippen LogP contribution in [0.4, 0.5) is 0 Å². The molecule has 1 fully saturated rings. The van der Waals surface area contributed by atoms with Gasteiger partial charge in [-0.3, -0.25) is 0 Å². The number of nitrogens with zero attached hydrogens (tertiary/aromatic N) is 2. The average Bonchev–Trinajstić information content (AvgIpc) is 2.21. The summed E-state index contributed by atoms with van der Waals surface area (Å²) in [7, 11) is 6.51. The van der Waals surface area contributed by atoms with Crippen LogP contribution in [0.15, 0.2) is 0 Å². The van der Waals surface area contributed by atoms with Crippen molar-refractivity contribution in [2.24, 2.45) is 11.1 Å². The molecule has 1 aliphatic rings. The van der Waals surface area contributed by atoms with E-state index in [-0.39, 0.29) is 0 Å². The minimum Gasteiger partial charge on any atom is -0.326 e. The van der Waals surface area contributed by atoms with Crippen molar-refractivity contribution in [2.45, 2.75) is 51.6 Å². The number of likely N-dealkylation sites (N-methyl/N-ethyl adjacent to an activating group) is 1. The van der Waals surface area contributed by atoms with Crippen LogP contribution in [0.5, 0.6) is 0 Å². The monoisotopic (exact) mass is 241 g/mol. The molecule has 0 bridgehead atoms. The summed E-state index contributed by atoms with van der Waals surface area (Å²) in [5.41, 5.74) is 6.74. The quantitative estimate of drug-likeness (QED) is 0.796. The smallest absolute Gasteiger partial charge is 0.0249 e. The van der Waals surface area contributed by atoms with Gasteiger partial charge in [-0.15, -0.1) is 0 Å². The Balaban J connectivity index is 2.42. The number of rotatable bonds is 5. The van der Waals surface area contributed by atoms with Gasteiger partial charge in [0.05, 0.1) is 0 Å². The summed E-state index contributed by atoms with van der Waals surface area (Å²) in [4.78, 5) is 4.73. The highest BCUT2D eigenvalue weighted by molar-refractivity contribution is 4.95. The number of hydrogen-bond acceptors (Lipinski definition) is 3. The minimum atomic E-state index is 0.304. The van der Waals surface area contributed by atoms with Crippen molar-refractivity contribution in [1.29, 1.82) is 0 Å². The fourth-order valence-electron chi connectivity index (χ4n) is 2.93. The van der Waals surface area contributed by atoms with Crippen LogP contribution in [-0.2, 0) is 0 Å². The van der Waals surface area contributed by atoms with Crippen molar-refractivity contribution in [3.05, 3.63) is 0 Å². The van der Waals surface area contributed by atoms with Crippen molar-refractivity contribution >= 4 is 0 Å². The maximum Gasteiger partial charge on any atom is 0.0249 e. The van der Waals surface area contributed by atoms with Crippen molar-refractivity contribution in [3.8, 4) is 0 Å². The van der Waals surface area contributed by atoms with Crippen LogP contribution in [0.25, 0.3) is 0 Å². The molecular formula is C14H31N3. The predicted molar refractivity (Wildman–Crippen MR) is 75.2 cm³/mol. The Morgan fingerprint density at radius 1 is 1.18 bits per heavy atom. The average molecular weight is 241 g/mol. The van der Waals surface area contributed by atoms with Crippen LogP contribution in [0.2, 0.25) is 0 Å². The van der Waals surface area contributed by atoms with Crippen LogP contribution in [0.3, 0.4) is 0 Å². The normalized spacial score (nSPS) is 28.9. The Morgan fingerprint density at radius 3 is 2.41 bits per heavy atom. The summed E-state index contributed by atoms with van der Waals surface area (Å²) in [5.74, 6) is 0. The highest BCUT2D eigenvalue weighted by Gasteiger charge is 2.37. The topological polar surface area (TPSA) is 32.5 Å². The molecule has 102 valence electrons. The molecule has 0 saturated heterocycles. The van der Waals surface area contributed by atoms with E-state index >= 15 is 0 Å². The SMILES string of the molecule is CN(C)CCCN(C)C1CCCC(C)(C)C1N. The summed E-state index contributed by atoms with van der Waals surface area (Å²) in [5, 5.41) is 0. The lowest BCUT2D eigenvalue weighted by atomic mass is 9.71. The molecular weight excluding hydrogens is 210 g/mol. The van der Waals surface area contributed by atoms with Crippen LogP contribution in [0.1, 0.15) is 39.5 Å². The van der Waals surface area contributed by atoms with E-state index in [1.165, 1.54) is 25.7 Å². The molecule has 0 heterocycles. The Morgan fingerprint density at radius 2 is 1.82 bits per heavy atom. The maximum atomic E-state index is 6.44. The first-order valence-corrected chi connectivity index (χ1v) is 6.95. The third-order valence-electron chi connectivity index (χ3n) is 4.32. The molecule has 0 aliphatic heterocycles. The summed E-state index contributed by atoms with van der Waals surface area (Å²) in [6.45, 7) is 6.96. The van der Waals surface area contributed by atoms with E-state index in [0.717, 1.165) is 13.1 Å². The summed E-state index contributed by atoms with van der Waals surface area (Å²) in [6, 6.07) is 0.890. The van der Waals surface area contributed by atoms with Crippen molar-refractivity contribution < 1.29 is 0 Å². The van der Waals surface area contributed by atoms with E-state index in [0.29, 0.717) is 17.5 Å². The van der Waals surface area contributed by atoms with Gasteiger partial charge < -0.3 is 15.5 Å². The molecule has 3 heteroatoms. The Labute approximate surface area is 107 Å². The Hall–Kier alpha value is -0.120. The van der Waals surface area contributed by atoms with Gasteiger partial charge in [-0.05, 0) is 58.9 Å². The second-order valence-electron chi connectivity index (χ2n) is 6.61. The fraction of sp³-hybridized carbons (Fsp3) is 1.00. The van der Waals surface area contributed by atoms with Crippen molar-refractivity contribution in [3.63, 3.8) is 0 Å². The second-order valence-corrected chi connectivity index (χ2v) is 6.61. The predicted octanol–water partition coefficient (Wildman–Crippen LogP) is 1.78. The zero-order chi connectivity index (χ0) is 13.1. The lowest BCUT2D eigenvalue weighted by Gasteiger charge is -2.45. The third-order valence-corrected chi connectivity index (χ3v) is 4.32. The molecule has 0 spiro atoms. The first-order chi connectivity index (χ1) is 7.84. The van der Waals surface area contributed by atoms with E-state index < -0.39 is 0 Å². The van der Waals surface area contributed by atoms with Gasteiger partial charge in [0.25, 0.3) is 0 Å². The summed E-state index contributed by atoms with van der Waals surface area (Å²) in [6.07, 6.45) is 5.09. The molecule has 3 nitrogen and oxygen atoms in total. The molecule has 0 aromatic heterocycles. The van der Waals surface area contributed by atoms with E-state index in [1.54, 1.807) is 0 Å². The van der Waals surface area contributed by atoms with E-state index in [2.05, 4.69) is 44.8 Å². The van der Waals surface area contributed by atoms with Crippen molar-refractivity contribution in [2.75, 3.05) is 34.2 Å². The first-order valence-electron chi connectivity index (χ1n) is 6.95. The van der Waals surface area contributed by atoms with Crippen molar-refractivity contribution in [1.82, 2.24) is 9.80 Å². The van der Waals surface area contributed by atoms with Gasteiger partial charge in [-0.2, -0.15) is 0 Å². The molecule has 1 rings (SSSR count). The molecule has 2 N–H and O–H groups in total. The van der Waals surface area contributed by atoms with Gasteiger partial charge in [0, 0.05) is 12.1 Å². The number of hydrogen-bond donors (Lipinski definition) is 1. The Kier molecular flexibility index (Phi) is 5.42. The summed E-state index contributed by atoms with van der Waals surface area (Å²) >= 11 is 0. The fourth-order valence-corrected chi connectivity index (χ4v) is 2.93. The van der Waals surface area contributed by atoms with Gasteiger partial charge in [-0.25, -0.2) is 0 Å². The molecule has 2 atom stereocenters. The minimum absolute atomic E-state index is 0.304. The molecule has 0 amide bonds. The first kappa shape index (κ1) is 14.9. The van der Waals surface area contributed by atoms with E-state index in [9.17, 15) is 0 Å². The lowest BCUT2D eigenvalue weighted by Crippen LogP contribution is -2.56. The third kappa shape index (κ3) is 4.23. The standard InChI is InChI=1S/C14H31N3/c1-14(2)9-6-8-12(13(14)15)17(5)11-7-10-16(3)4/h12-13H,6-11,15H2,1-5H3. The zero-order valence-corrected chi connectivity index (χ0v) is 12.4. The highest BCUT2D eigenvalue weighted by atomic mass is 15.2. The van der Waals surface area contributed by atoms with Gasteiger partial charge in [0.15, 0.2) is 0 Å². The molecule has 1 aliphatic carbocycles. The largest absolute Gasteiger partial charge is 0.326 e. The van der Waals surface area contributed by atoms with E-state index in [1.807, 2.05) is 0 Å². The molecule has 2 unspecified atom stereocenters. The van der Waals surface area contributed by atoms with Crippen LogP contribution >= 0.6 is 0 Å². The van der Waals surface area contributed by atoms with Crippen LogP contribution in [-0.4, -0.2) is 56.1 Å². The van der Waals surface area contributed by atoms with E-state index in [4.69, 9.17) is 5.73 Å². The second kappa shape index (κ2) is 6.17. The van der Waals surface area contributed by atoms with Gasteiger partial charge >= 0.3 is 0 Å². The Bertz CT molecular complexity index is 226. The highest BCUT2D eigenvalue weighted by Crippen LogP contribution is 2.36. The molecule has 17 heavy (non-hydrogen) atoms. The summed E-state index contributed by atoms with van der Waals surface area (Å²) < 4.78 is 0. The van der Waals surface area contributed by atoms with Crippen LogP contribution < -0.4 is 5.73 Å². The molecule has 1 saturated carbocycles. The molecule has 0 aromatic carbocycles. The van der Waals surface area contributed by atoms with Crippen LogP contribution in [0, 0.1) is 5.41 Å². The van der Waals surface area contributed by atoms with Gasteiger partial charge in [-0.1, -0.05) is 20.3 Å². The van der Waals surface area contributed by atoms with Gasteiger partial charge in [0.2, 0.25) is 0 Å². The maximum absolute atomic E-state index is 6.44. The molecule has 0 aromatic rings. The zero-order valence-electron chi connectivity index (χ0n) is 12.4. The van der Waals surface area contributed by atoms with Gasteiger partial charge in [0.1, 0.15) is 0 Å².